The van der Waals surface area contributed by atoms with Gasteiger partial charge in [0, 0.05) is 54.9 Å². The van der Waals surface area contributed by atoms with Crippen LogP contribution in [0.5, 0.6) is 5.75 Å². The molecule has 0 saturated heterocycles. The molecule has 0 spiro atoms. The number of ether oxygens (including phenoxy) is 1. The van der Waals surface area contributed by atoms with Gasteiger partial charge in [-0.3, -0.25) is 9.78 Å². The van der Waals surface area contributed by atoms with Crippen molar-refractivity contribution in [3.05, 3.63) is 94.9 Å². The van der Waals surface area contributed by atoms with Crippen molar-refractivity contribution in [1.82, 2.24) is 19.4 Å². The average molecular weight is 632 g/mol. The van der Waals surface area contributed by atoms with Crippen molar-refractivity contribution < 1.29 is 9.53 Å². The van der Waals surface area contributed by atoms with E-state index in [0.29, 0.717) is 25.3 Å². The monoisotopic (exact) mass is 631 g/mol. The Bertz CT molecular complexity index is 1810. The van der Waals surface area contributed by atoms with Crippen molar-refractivity contribution in [1.29, 1.82) is 0 Å². The van der Waals surface area contributed by atoms with Crippen LogP contribution in [0.15, 0.2) is 66.7 Å². The largest absolute Gasteiger partial charge is 0.494 e. The second kappa shape index (κ2) is 15.5. The van der Waals surface area contributed by atoms with Crippen molar-refractivity contribution in [3.63, 3.8) is 0 Å². The summed E-state index contributed by atoms with van der Waals surface area (Å²) in [6.45, 7) is 9.97. The topological polar surface area (TPSA) is 72.3 Å². The Morgan fingerprint density at radius 2 is 1.66 bits per heavy atom. The van der Waals surface area contributed by atoms with E-state index >= 15 is 0 Å². The highest BCUT2D eigenvalue weighted by molar-refractivity contribution is 5.97. The third-order valence-electron chi connectivity index (χ3n) is 9.50. The number of benzene rings is 3. The maximum absolute atomic E-state index is 13.1. The number of fused-ring (bicyclic) bond motifs is 3. The number of carbonyl (C=O) groups is 1. The van der Waals surface area contributed by atoms with Gasteiger partial charge in [0.15, 0.2) is 0 Å². The first-order valence-corrected chi connectivity index (χ1v) is 17.7. The van der Waals surface area contributed by atoms with Crippen molar-refractivity contribution in [2.45, 2.75) is 85.1 Å². The third-order valence-corrected chi connectivity index (χ3v) is 9.50. The van der Waals surface area contributed by atoms with Gasteiger partial charge in [-0.15, -0.1) is 0 Å². The zero-order valence-corrected chi connectivity index (χ0v) is 28.4. The summed E-state index contributed by atoms with van der Waals surface area (Å²) < 4.78 is 8.02. The van der Waals surface area contributed by atoms with Gasteiger partial charge in [0.25, 0.3) is 5.91 Å². The normalized spacial score (nSPS) is 12.7. The zero-order chi connectivity index (χ0) is 32.6. The first-order chi connectivity index (χ1) is 23.1. The number of nitrogens with zero attached hydrogens (tertiary/aromatic N) is 4. The molecule has 7 nitrogen and oxygen atoms in total. The molecule has 0 saturated carbocycles. The molecular formula is C40H49N5O2. The van der Waals surface area contributed by atoms with E-state index in [1.807, 2.05) is 49.9 Å². The molecule has 1 aliphatic rings. The summed E-state index contributed by atoms with van der Waals surface area (Å²) >= 11 is 0. The van der Waals surface area contributed by atoms with Crippen LogP contribution in [0.1, 0.15) is 92.3 Å². The van der Waals surface area contributed by atoms with Gasteiger partial charge in [0.05, 0.1) is 23.2 Å². The molecule has 1 N–H and O–H groups in total. The highest BCUT2D eigenvalue weighted by Crippen LogP contribution is 2.33. The quantitative estimate of drug-likeness (QED) is 0.117. The van der Waals surface area contributed by atoms with Gasteiger partial charge in [-0.25, -0.2) is 4.98 Å². The van der Waals surface area contributed by atoms with Crippen LogP contribution in [0.4, 0.5) is 5.69 Å². The number of hydrogen-bond donors (Lipinski definition) is 1. The summed E-state index contributed by atoms with van der Waals surface area (Å²) in [6, 6.07) is 22.9. The summed E-state index contributed by atoms with van der Waals surface area (Å²) in [6.07, 6.45) is 9.96. The van der Waals surface area contributed by atoms with Crippen LogP contribution in [-0.2, 0) is 25.8 Å². The second-order valence-corrected chi connectivity index (χ2v) is 12.6. The number of imidazole rings is 1. The van der Waals surface area contributed by atoms with Gasteiger partial charge in [-0.1, -0.05) is 43.2 Å². The molecule has 5 aromatic rings. The fourth-order valence-electron chi connectivity index (χ4n) is 6.98. The molecular weight excluding hydrogens is 582 g/mol. The Kier molecular flexibility index (Phi) is 10.7. The Hall–Kier alpha value is -4.39. The lowest BCUT2D eigenvalue weighted by Crippen LogP contribution is -2.30. The number of rotatable bonds is 15. The highest BCUT2D eigenvalue weighted by Gasteiger charge is 2.19. The van der Waals surface area contributed by atoms with Gasteiger partial charge < -0.3 is 19.5 Å². The SMILES string of the molecule is CCOc1ccc(Cc2nc3cc(C(=O)N(CC)CC)ccc3n2CCCCCCNc2c3c(nc4ccccc24)CCCC3)cc1. The number of aromatic nitrogens is 3. The molecule has 2 aromatic heterocycles. The lowest BCUT2D eigenvalue weighted by Gasteiger charge is -2.21. The molecule has 246 valence electrons. The minimum atomic E-state index is 0.0633. The number of carbonyl (C=O) groups excluding carboxylic acids is 1. The van der Waals surface area contributed by atoms with E-state index in [1.54, 1.807) is 0 Å². The Balaban J connectivity index is 1.12. The molecule has 6 rings (SSSR count). The van der Waals surface area contributed by atoms with E-state index in [-0.39, 0.29) is 5.91 Å². The molecule has 47 heavy (non-hydrogen) atoms. The molecule has 0 bridgehead atoms. The molecule has 0 radical (unpaired) electrons. The number of unbranched alkanes of at least 4 members (excludes halogenated alkanes) is 3. The Labute approximate surface area is 279 Å². The highest BCUT2D eigenvalue weighted by atomic mass is 16.5. The maximum atomic E-state index is 13.1. The first-order valence-electron chi connectivity index (χ1n) is 17.7. The smallest absolute Gasteiger partial charge is 0.253 e. The lowest BCUT2D eigenvalue weighted by molar-refractivity contribution is 0.0773. The minimum absolute atomic E-state index is 0.0633. The van der Waals surface area contributed by atoms with Crippen LogP contribution in [0.25, 0.3) is 21.9 Å². The lowest BCUT2D eigenvalue weighted by atomic mass is 9.92. The summed E-state index contributed by atoms with van der Waals surface area (Å²) in [5.74, 6) is 1.98. The fourth-order valence-corrected chi connectivity index (χ4v) is 6.98. The predicted molar refractivity (Wildman–Crippen MR) is 193 cm³/mol. The number of aryl methyl sites for hydroxylation is 2. The van der Waals surface area contributed by atoms with Crippen LogP contribution >= 0.6 is 0 Å². The van der Waals surface area contributed by atoms with Crippen LogP contribution in [0.2, 0.25) is 0 Å². The van der Waals surface area contributed by atoms with E-state index in [1.165, 1.54) is 47.2 Å². The zero-order valence-electron chi connectivity index (χ0n) is 28.4. The number of hydrogen-bond acceptors (Lipinski definition) is 5. The summed E-state index contributed by atoms with van der Waals surface area (Å²) in [5, 5.41) is 5.08. The van der Waals surface area contributed by atoms with Gasteiger partial charge in [-0.2, -0.15) is 0 Å². The standard InChI is InChI=1S/C40H49N5O2/c1-4-44(5-2)40(46)30-21-24-37-36(28-30)43-38(27-29-19-22-31(23-20-29)47-6-3)45(37)26-14-8-7-13-25-41-39-32-15-9-11-17-34(32)42-35-18-12-10-16-33(35)39/h9,11,15,17,19-24,28H,4-8,10,12-14,16,18,25-27H2,1-3H3,(H,41,42). The van der Waals surface area contributed by atoms with Crippen molar-refractivity contribution in [2.24, 2.45) is 0 Å². The van der Waals surface area contributed by atoms with E-state index in [0.717, 1.165) is 79.7 Å². The van der Waals surface area contributed by atoms with Crippen LogP contribution in [0, 0.1) is 0 Å². The summed E-state index contributed by atoms with van der Waals surface area (Å²) in [4.78, 5) is 25.1. The summed E-state index contributed by atoms with van der Waals surface area (Å²) in [7, 11) is 0. The Morgan fingerprint density at radius 3 is 2.47 bits per heavy atom. The average Bonchev–Trinajstić information content (AvgIpc) is 3.44. The van der Waals surface area contributed by atoms with Gasteiger partial charge in [0.2, 0.25) is 0 Å². The molecule has 2 heterocycles. The molecule has 0 fully saturated rings. The van der Waals surface area contributed by atoms with Crippen LogP contribution in [0.3, 0.4) is 0 Å². The molecule has 3 aromatic carbocycles. The van der Waals surface area contributed by atoms with Crippen LogP contribution in [-0.4, -0.2) is 51.6 Å². The van der Waals surface area contributed by atoms with Gasteiger partial charge >= 0.3 is 0 Å². The molecule has 0 unspecified atom stereocenters. The Morgan fingerprint density at radius 1 is 0.872 bits per heavy atom. The van der Waals surface area contributed by atoms with E-state index in [2.05, 4.69) is 52.3 Å². The number of pyridine rings is 1. The predicted octanol–water partition coefficient (Wildman–Crippen LogP) is 8.61. The van der Waals surface area contributed by atoms with E-state index in [4.69, 9.17) is 14.7 Å². The molecule has 7 heteroatoms. The minimum Gasteiger partial charge on any atom is -0.494 e. The number of nitrogens with one attached hydrogen (secondary N) is 1. The maximum Gasteiger partial charge on any atom is 0.253 e. The second-order valence-electron chi connectivity index (χ2n) is 12.6. The van der Waals surface area contributed by atoms with Gasteiger partial charge in [-0.05, 0) is 107 Å². The molecule has 0 aliphatic heterocycles. The van der Waals surface area contributed by atoms with E-state index < -0.39 is 0 Å². The first kappa shape index (κ1) is 32.5. The van der Waals surface area contributed by atoms with Gasteiger partial charge in [0.1, 0.15) is 11.6 Å². The fraction of sp³-hybridized carbons (Fsp3) is 0.425. The van der Waals surface area contributed by atoms with Crippen molar-refractivity contribution in [2.75, 3.05) is 31.6 Å². The molecule has 0 atom stereocenters. The summed E-state index contributed by atoms with van der Waals surface area (Å²) in [5.41, 5.74) is 9.02. The van der Waals surface area contributed by atoms with Crippen molar-refractivity contribution in [3.8, 4) is 5.75 Å². The molecule has 1 amide bonds. The molecule has 1 aliphatic carbocycles. The van der Waals surface area contributed by atoms with Crippen LogP contribution < -0.4 is 10.1 Å². The third kappa shape index (κ3) is 7.45. The number of amides is 1. The van der Waals surface area contributed by atoms with E-state index in [9.17, 15) is 4.79 Å². The van der Waals surface area contributed by atoms with Crippen molar-refractivity contribution >= 4 is 33.5 Å². The number of anilines is 1. The number of para-hydroxylation sites is 1.